The van der Waals surface area contributed by atoms with E-state index in [1.165, 1.54) is 6.92 Å². The number of nitrogens with two attached hydrogens (primary N) is 1. The molecular weight excluding hydrogens is 320 g/mol. The normalized spacial score (nSPS) is 18.0. The Morgan fingerprint density at radius 3 is 2.73 bits per heavy atom. The van der Waals surface area contributed by atoms with Crippen molar-refractivity contribution in [2.75, 3.05) is 0 Å². The molecule has 0 aliphatic carbocycles. The fourth-order valence-corrected chi connectivity index (χ4v) is 3.03. The van der Waals surface area contributed by atoms with Gasteiger partial charge in [-0.2, -0.15) is 0 Å². The SMILES string of the molecule is CCC(Oc1ccccc1/C=C1\SC(=S)N(N)C1=O)C(C)=O. The third-order valence-corrected chi connectivity index (χ3v) is 4.45. The summed E-state index contributed by atoms with van der Waals surface area (Å²) in [6, 6.07) is 7.22. The van der Waals surface area contributed by atoms with E-state index >= 15 is 0 Å². The molecule has 1 aromatic carbocycles. The second-order valence-corrected chi connectivity index (χ2v) is 6.39. The summed E-state index contributed by atoms with van der Waals surface area (Å²) in [7, 11) is 0. The number of carbonyl (C=O) groups excluding carboxylic acids is 2. The maximum Gasteiger partial charge on any atom is 0.280 e. The average Bonchev–Trinajstić information content (AvgIpc) is 2.73. The molecule has 0 spiro atoms. The molecule has 1 saturated heterocycles. The Morgan fingerprint density at radius 2 is 2.18 bits per heavy atom. The van der Waals surface area contributed by atoms with Gasteiger partial charge in [0.1, 0.15) is 5.75 Å². The zero-order valence-electron chi connectivity index (χ0n) is 12.2. The van der Waals surface area contributed by atoms with Crippen molar-refractivity contribution in [1.29, 1.82) is 0 Å². The van der Waals surface area contributed by atoms with Gasteiger partial charge in [-0.25, -0.2) is 10.9 Å². The van der Waals surface area contributed by atoms with Crippen molar-refractivity contribution in [3.8, 4) is 5.75 Å². The van der Waals surface area contributed by atoms with Gasteiger partial charge in [-0.15, -0.1) is 0 Å². The lowest BCUT2D eigenvalue weighted by atomic mass is 10.1. The van der Waals surface area contributed by atoms with Crippen molar-refractivity contribution in [2.45, 2.75) is 26.4 Å². The zero-order valence-corrected chi connectivity index (χ0v) is 13.9. The Hall–Kier alpha value is -1.70. The van der Waals surface area contributed by atoms with Gasteiger partial charge in [0.05, 0.1) is 4.91 Å². The predicted octanol–water partition coefficient (Wildman–Crippen LogP) is 2.51. The van der Waals surface area contributed by atoms with Gasteiger partial charge in [0.15, 0.2) is 16.2 Å². The van der Waals surface area contributed by atoms with Gasteiger partial charge in [0.25, 0.3) is 5.91 Å². The summed E-state index contributed by atoms with van der Waals surface area (Å²) in [5.41, 5.74) is 0.705. The van der Waals surface area contributed by atoms with Crippen molar-refractivity contribution >= 4 is 46.1 Å². The second-order valence-electron chi connectivity index (χ2n) is 4.71. The van der Waals surface area contributed by atoms with E-state index in [1.54, 1.807) is 12.1 Å². The van der Waals surface area contributed by atoms with Crippen LogP contribution in [0.2, 0.25) is 0 Å². The van der Waals surface area contributed by atoms with E-state index in [0.29, 0.717) is 27.0 Å². The Bertz CT molecular complexity index is 658. The molecule has 0 aromatic heterocycles. The van der Waals surface area contributed by atoms with Gasteiger partial charge in [0.2, 0.25) is 0 Å². The van der Waals surface area contributed by atoms with Gasteiger partial charge in [-0.1, -0.05) is 49.1 Å². The number of hydrogen-bond acceptors (Lipinski definition) is 6. The number of thioether (sulfide) groups is 1. The van der Waals surface area contributed by atoms with E-state index in [0.717, 1.165) is 16.8 Å². The highest BCUT2D eigenvalue weighted by atomic mass is 32.2. The summed E-state index contributed by atoms with van der Waals surface area (Å²) in [6.07, 6.45) is 1.75. The van der Waals surface area contributed by atoms with Crippen molar-refractivity contribution in [3.05, 3.63) is 34.7 Å². The van der Waals surface area contributed by atoms with Gasteiger partial charge in [0, 0.05) is 5.56 Å². The number of Topliss-reactive ketones (excluding diaryl/α,β-unsaturated/α-hetero) is 1. The number of rotatable bonds is 5. The van der Waals surface area contributed by atoms with E-state index in [2.05, 4.69) is 0 Å². The minimum Gasteiger partial charge on any atom is -0.482 e. The molecule has 0 saturated carbocycles. The summed E-state index contributed by atoms with van der Waals surface area (Å²) >= 11 is 6.13. The number of ketones is 1. The highest BCUT2D eigenvalue weighted by Crippen LogP contribution is 2.32. The molecule has 1 aromatic rings. The zero-order chi connectivity index (χ0) is 16.3. The van der Waals surface area contributed by atoms with Crippen LogP contribution in [0.3, 0.4) is 0 Å². The van der Waals surface area contributed by atoms with Crippen LogP contribution in [0.4, 0.5) is 0 Å². The molecule has 1 aliphatic rings. The molecule has 116 valence electrons. The van der Waals surface area contributed by atoms with E-state index in [1.807, 2.05) is 25.1 Å². The van der Waals surface area contributed by atoms with E-state index in [9.17, 15) is 9.59 Å². The molecule has 0 bridgehead atoms. The summed E-state index contributed by atoms with van der Waals surface area (Å²) in [5, 5.41) is 0.944. The summed E-state index contributed by atoms with van der Waals surface area (Å²) in [5.74, 6) is 5.72. The molecule has 1 heterocycles. The van der Waals surface area contributed by atoms with Gasteiger partial charge in [-0.3, -0.25) is 9.59 Å². The molecule has 7 heteroatoms. The highest BCUT2D eigenvalue weighted by molar-refractivity contribution is 8.26. The molecule has 5 nitrogen and oxygen atoms in total. The second kappa shape index (κ2) is 7.04. The topological polar surface area (TPSA) is 72.6 Å². The first-order chi connectivity index (χ1) is 10.4. The lowest BCUT2D eigenvalue weighted by Gasteiger charge is -2.16. The lowest BCUT2D eigenvalue weighted by molar-refractivity contribution is -0.124. The van der Waals surface area contributed by atoms with E-state index < -0.39 is 6.10 Å². The Labute approximate surface area is 138 Å². The third kappa shape index (κ3) is 3.55. The Balaban J connectivity index is 2.31. The van der Waals surface area contributed by atoms with Crippen LogP contribution in [-0.2, 0) is 9.59 Å². The fourth-order valence-electron chi connectivity index (χ4n) is 1.94. The number of thiocarbonyl (C=S) groups is 1. The van der Waals surface area contributed by atoms with Crippen molar-refractivity contribution in [2.24, 2.45) is 5.84 Å². The van der Waals surface area contributed by atoms with Crippen LogP contribution < -0.4 is 10.6 Å². The van der Waals surface area contributed by atoms with E-state index in [-0.39, 0.29) is 11.7 Å². The van der Waals surface area contributed by atoms with Crippen LogP contribution in [-0.4, -0.2) is 27.1 Å². The third-order valence-electron chi connectivity index (χ3n) is 3.12. The molecular formula is C15H16N2O3S2. The fraction of sp³-hybridized carbons (Fsp3) is 0.267. The van der Waals surface area contributed by atoms with Crippen molar-refractivity contribution < 1.29 is 14.3 Å². The maximum atomic E-state index is 11.9. The standard InChI is InChI=1S/C15H16N2O3S2/c1-3-11(9(2)18)20-12-7-5-4-6-10(12)8-13-14(19)17(16)15(21)22-13/h4-8,11H,3,16H2,1-2H3/b13-8-. The van der Waals surface area contributed by atoms with E-state index in [4.69, 9.17) is 22.8 Å². The first kappa shape index (κ1) is 16.7. The number of hydrazine groups is 1. The van der Waals surface area contributed by atoms with Crippen LogP contribution in [0.1, 0.15) is 25.8 Å². The number of carbonyl (C=O) groups is 2. The molecule has 2 rings (SSSR count). The van der Waals surface area contributed by atoms with Crippen molar-refractivity contribution in [3.63, 3.8) is 0 Å². The van der Waals surface area contributed by atoms with Gasteiger partial charge < -0.3 is 4.74 Å². The molecule has 0 radical (unpaired) electrons. The lowest BCUT2D eigenvalue weighted by Crippen LogP contribution is -2.34. The molecule has 1 unspecified atom stereocenters. The first-order valence-corrected chi connectivity index (χ1v) is 7.95. The maximum absolute atomic E-state index is 11.9. The number of ether oxygens (including phenoxy) is 1. The van der Waals surface area contributed by atoms with Crippen LogP contribution in [0.5, 0.6) is 5.75 Å². The molecule has 1 aliphatic heterocycles. The minimum atomic E-state index is -0.501. The van der Waals surface area contributed by atoms with Crippen molar-refractivity contribution in [1.82, 2.24) is 5.01 Å². The van der Waals surface area contributed by atoms with Crippen LogP contribution in [0.25, 0.3) is 6.08 Å². The summed E-state index contributed by atoms with van der Waals surface area (Å²) in [6.45, 7) is 3.38. The highest BCUT2D eigenvalue weighted by Gasteiger charge is 2.30. The van der Waals surface area contributed by atoms with Crippen LogP contribution >= 0.6 is 24.0 Å². The number of amides is 1. The first-order valence-electron chi connectivity index (χ1n) is 6.72. The van der Waals surface area contributed by atoms with Crippen LogP contribution in [0.15, 0.2) is 29.2 Å². The number of nitrogens with zero attached hydrogens (tertiary/aromatic N) is 1. The number of benzene rings is 1. The number of para-hydroxylation sites is 1. The molecule has 22 heavy (non-hydrogen) atoms. The molecule has 2 N–H and O–H groups in total. The summed E-state index contributed by atoms with van der Waals surface area (Å²) in [4.78, 5) is 23.9. The smallest absolute Gasteiger partial charge is 0.280 e. The molecule has 1 fully saturated rings. The monoisotopic (exact) mass is 336 g/mol. The van der Waals surface area contributed by atoms with Gasteiger partial charge >= 0.3 is 0 Å². The largest absolute Gasteiger partial charge is 0.482 e. The van der Waals surface area contributed by atoms with Crippen LogP contribution in [0, 0.1) is 0 Å². The molecule has 1 atom stereocenters. The predicted molar refractivity (Wildman–Crippen MR) is 91.0 cm³/mol. The number of hydrogen-bond donors (Lipinski definition) is 1. The van der Waals surface area contributed by atoms with Gasteiger partial charge in [-0.05, 0) is 25.5 Å². The Morgan fingerprint density at radius 1 is 1.50 bits per heavy atom. The summed E-state index contributed by atoms with van der Waals surface area (Å²) < 4.78 is 6.07. The minimum absolute atomic E-state index is 0.0365. The Kier molecular flexibility index (Phi) is 5.33. The average molecular weight is 336 g/mol. The quantitative estimate of drug-likeness (QED) is 0.385. The molecule has 1 amide bonds.